The molecule has 2 amide bonds. The number of carbonyl (C=O) groups excluding carboxylic acids is 2. The number of nitrogens with one attached hydrogen (secondary N) is 1. The fourth-order valence-electron chi connectivity index (χ4n) is 3.66. The van der Waals surface area contributed by atoms with Crippen LogP contribution in [0.3, 0.4) is 0 Å². The van der Waals surface area contributed by atoms with Crippen LogP contribution in [0, 0.1) is 5.92 Å². The van der Waals surface area contributed by atoms with Gasteiger partial charge in [0.05, 0.1) is 22.6 Å². The molecular weight excluding hydrogens is 439 g/mol. The second-order valence-corrected chi connectivity index (χ2v) is 8.54. The van der Waals surface area contributed by atoms with Crippen molar-refractivity contribution in [3.8, 4) is 0 Å². The Morgan fingerprint density at radius 2 is 2.00 bits per heavy atom. The molecule has 2 aliphatic heterocycles. The zero-order valence-corrected chi connectivity index (χ0v) is 17.3. The molecule has 0 atom stereocenters. The van der Waals surface area contributed by atoms with Crippen LogP contribution in [0.2, 0.25) is 5.02 Å². The first-order valence-corrected chi connectivity index (χ1v) is 10.4. The van der Waals surface area contributed by atoms with Crippen molar-refractivity contribution in [2.45, 2.75) is 43.9 Å². The van der Waals surface area contributed by atoms with Crippen LogP contribution < -0.4 is 5.32 Å². The van der Waals surface area contributed by atoms with Crippen molar-refractivity contribution in [3.05, 3.63) is 34.3 Å². The summed E-state index contributed by atoms with van der Waals surface area (Å²) in [5.41, 5.74) is -1.81. The lowest BCUT2D eigenvalue weighted by molar-refractivity contribution is -0.137. The molecule has 7 nitrogen and oxygen atoms in total. The highest BCUT2D eigenvalue weighted by molar-refractivity contribution is 6.33. The predicted molar refractivity (Wildman–Crippen MR) is 105 cm³/mol. The Morgan fingerprint density at radius 3 is 2.65 bits per heavy atom. The Labute approximate surface area is 181 Å². The van der Waals surface area contributed by atoms with Gasteiger partial charge in [-0.15, -0.1) is 0 Å². The minimum absolute atomic E-state index is 0.0355. The Bertz CT molecular complexity index is 909. The van der Waals surface area contributed by atoms with Gasteiger partial charge in [0.25, 0.3) is 5.91 Å². The van der Waals surface area contributed by atoms with Gasteiger partial charge in [-0.2, -0.15) is 13.2 Å². The van der Waals surface area contributed by atoms with Crippen LogP contribution in [0.1, 0.15) is 48.0 Å². The van der Waals surface area contributed by atoms with E-state index in [1.807, 2.05) is 0 Å². The van der Waals surface area contributed by atoms with Crippen molar-refractivity contribution in [1.82, 2.24) is 10.2 Å². The maximum atomic E-state index is 13.0. The molecule has 1 spiro atoms. The van der Waals surface area contributed by atoms with Crippen LogP contribution in [-0.2, 0) is 15.8 Å². The maximum absolute atomic E-state index is 13.0. The smallest absolute Gasteiger partial charge is 0.392 e. The van der Waals surface area contributed by atoms with Gasteiger partial charge in [-0.25, -0.2) is 4.79 Å². The second-order valence-electron chi connectivity index (χ2n) is 8.13. The average molecular weight is 460 g/mol. The van der Waals surface area contributed by atoms with Crippen LogP contribution in [0.4, 0.5) is 18.0 Å². The number of piperidine rings is 1. The van der Waals surface area contributed by atoms with E-state index >= 15 is 0 Å². The molecule has 0 aromatic heterocycles. The number of nitrogens with zero attached hydrogens (tertiary/aromatic N) is 2. The molecule has 31 heavy (non-hydrogen) atoms. The number of carbonyl (C=O) groups is 2. The van der Waals surface area contributed by atoms with E-state index in [4.69, 9.17) is 21.2 Å². The molecule has 1 saturated heterocycles. The van der Waals surface area contributed by atoms with E-state index in [9.17, 15) is 22.8 Å². The molecule has 0 radical (unpaired) electrons. The zero-order valence-electron chi connectivity index (χ0n) is 16.5. The number of hydrogen-bond donors (Lipinski definition) is 1. The zero-order chi connectivity index (χ0) is 22.2. The minimum atomic E-state index is -4.57. The molecule has 1 aliphatic carbocycles. The second kappa shape index (κ2) is 8.22. The van der Waals surface area contributed by atoms with Gasteiger partial charge in [0.15, 0.2) is 0 Å². The lowest BCUT2D eigenvalue weighted by atomic mass is 9.88. The summed E-state index contributed by atoms with van der Waals surface area (Å²) >= 11 is 5.99. The number of rotatable bonds is 3. The summed E-state index contributed by atoms with van der Waals surface area (Å²) in [6.45, 7) is 1.08. The van der Waals surface area contributed by atoms with Crippen molar-refractivity contribution in [1.29, 1.82) is 0 Å². The number of amides is 2. The highest BCUT2D eigenvalue weighted by atomic mass is 35.5. The van der Waals surface area contributed by atoms with Crippen LogP contribution in [0.25, 0.3) is 0 Å². The van der Waals surface area contributed by atoms with Crippen LogP contribution in [-0.4, -0.2) is 48.0 Å². The fourth-order valence-corrected chi connectivity index (χ4v) is 3.85. The number of ether oxygens (including phenoxy) is 1. The van der Waals surface area contributed by atoms with E-state index in [1.54, 1.807) is 0 Å². The van der Waals surface area contributed by atoms with Gasteiger partial charge in [-0.3, -0.25) is 4.79 Å². The molecule has 0 bridgehead atoms. The molecule has 1 N–H and O–H groups in total. The summed E-state index contributed by atoms with van der Waals surface area (Å²) in [6.07, 6.45) is -1.84. The number of likely N-dealkylation sites (tertiary alicyclic amines) is 1. The molecule has 168 valence electrons. The van der Waals surface area contributed by atoms with Gasteiger partial charge in [0.1, 0.15) is 5.60 Å². The summed E-state index contributed by atoms with van der Waals surface area (Å²) in [5.74, 6) is 0.127. The Kier molecular flexibility index (Phi) is 5.76. The number of halogens is 4. The van der Waals surface area contributed by atoms with Crippen molar-refractivity contribution in [2.75, 3.05) is 19.6 Å². The quantitative estimate of drug-likeness (QED) is 0.734. The average Bonchev–Trinajstić information content (AvgIpc) is 3.48. The van der Waals surface area contributed by atoms with E-state index in [0.717, 1.165) is 31.0 Å². The predicted octanol–water partition coefficient (Wildman–Crippen LogP) is 4.20. The minimum Gasteiger partial charge on any atom is -0.392 e. The molecule has 4 rings (SSSR count). The summed E-state index contributed by atoms with van der Waals surface area (Å²) in [4.78, 5) is 31.6. The summed E-state index contributed by atoms with van der Waals surface area (Å²) in [5, 5.41) is 6.51. The number of oxime groups is 1. The third-order valence-electron chi connectivity index (χ3n) is 5.74. The third-order valence-corrected chi connectivity index (χ3v) is 6.07. The number of alkyl halides is 3. The Morgan fingerprint density at radius 1 is 1.29 bits per heavy atom. The van der Waals surface area contributed by atoms with E-state index in [2.05, 4.69) is 10.5 Å². The standard InChI is InChI=1S/C20H21ClF3N3O4/c21-15-4-3-13(20(22,23)24)9-14(15)17(28)27-7-5-19(6-8-27)10-16(26-31-19)30-18(29)25-11-12-1-2-12/h3-4,9,12H,1-2,5-8,10-11H2,(H,25,29). The van der Waals surface area contributed by atoms with Gasteiger partial charge in [0, 0.05) is 32.5 Å². The van der Waals surface area contributed by atoms with Gasteiger partial charge in [-0.05, 0) is 37.0 Å². The first-order chi connectivity index (χ1) is 14.7. The molecule has 3 aliphatic rings. The number of hydrogen-bond acceptors (Lipinski definition) is 5. The SMILES string of the molecule is O=C(NCC1CC1)OC1=NOC2(CCN(C(=O)c3cc(C(F)(F)F)ccc3Cl)CC2)C1. The third kappa shape index (κ3) is 5.06. The largest absolute Gasteiger partial charge is 0.416 e. The van der Waals surface area contributed by atoms with Gasteiger partial charge >= 0.3 is 12.3 Å². The Balaban J connectivity index is 1.32. The monoisotopic (exact) mass is 459 g/mol. The molecule has 11 heteroatoms. The molecule has 1 aromatic carbocycles. The van der Waals surface area contributed by atoms with E-state index in [-0.39, 0.29) is 36.0 Å². The van der Waals surface area contributed by atoms with Crippen molar-refractivity contribution < 1.29 is 32.3 Å². The highest BCUT2D eigenvalue weighted by Gasteiger charge is 2.44. The summed E-state index contributed by atoms with van der Waals surface area (Å²) < 4.78 is 44.1. The Hall–Kier alpha value is -2.49. The van der Waals surface area contributed by atoms with Gasteiger partial charge in [-0.1, -0.05) is 16.8 Å². The molecule has 2 heterocycles. The van der Waals surface area contributed by atoms with Crippen molar-refractivity contribution in [2.24, 2.45) is 11.1 Å². The van der Waals surface area contributed by atoms with E-state index in [0.29, 0.717) is 25.3 Å². The maximum Gasteiger partial charge on any atom is 0.416 e. The molecule has 0 unspecified atom stereocenters. The van der Waals surface area contributed by atoms with Crippen LogP contribution >= 0.6 is 11.6 Å². The molecule has 1 aromatic rings. The van der Waals surface area contributed by atoms with Gasteiger partial charge < -0.3 is 19.8 Å². The molecule has 2 fully saturated rings. The van der Waals surface area contributed by atoms with E-state index in [1.165, 1.54) is 4.90 Å². The topological polar surface area (TPSA) is 80.2 Å². The van der Waals surface area contributed by atoms with Gasteiger partial charge in [0.2, 0.25) is 5.90 Å². The number of benzene rings is 1. The van der Waals surface area contributed by atoms with Crippen LogP contribution in [0.5, 0.6) is 0 Å². The summed E-state index contributed by atoms with van der Waals surface area (Å²) in [7, 11) is 0. The lowest BCUT2D eigenvalue weighted by Crippen LogP contribution is -2.47. The molecular formula is C20H21ClF3N3O4. The number of alkyl carbamates (subject to hydrolysis) is 1. The lowest BCUT2D eigenvalue weighted by Gasteiger charge is -2.37. The first-order valence-electron chi connectivity index (χ1n) is 10.0. The normalized spacial score (nSPS) is 20.3. The summed E-state index contributed by atoms with van der Waals surface area (Å²) in [6, 6.07) is 2.70. The van der Waals surface area contributed by atoms with Crippen molar-refractivity contribution in [3.63, 3.8) is 0 Å². The first kappa shape index (κ1) is 21.7. The van der Waals surface area contributed by atoms with Crippen LogP contribution in [0.15, 0.2) is 23.4 Å². The highest BCUT2D eigenvalue weighted by Crippen LogP contribution is 2.37. The van der Waals surface area contributed by atoms with E-state index < -0.39 is 29.3 Å². The fraction of sp³-hybridized carbons (Fsp3) is 0.550. The molecule has 1 saturated carbocycles. The van der Waals surface area contributed by atoms with Crippen molar-refractivity contribution >= 4 is 29.5 Å².